The molecule has 0 aliphatic carbocycles. The molecule has 2 aromatic rings. The zero-order valence-electron chi connectivity index (χ0n) is 18.1. The van der Waals surface area contributed by atoms with E-state index in [2.05, 4.69) is 36.0 Å². The van der Waals surface area contributed by atoms with Crippen LogP contribution in [-0.4, -0.2) is 57.8 Å². The Morgan fingerprint density at radius 3 is 2.40 bits per heavy atom. The van der Waals surface area contributed by atoms with Crippen LogP contribution in [0.4, 0.5) is 11.4 Å². The molecule has 0 unspecified atom stereocenters. The van der Waals surface area contributed by atoms with Gasteiger partial charge in [0.05, 0.1) is 18.7 Å². The first-order chi connectivity index (χ1) is 14.4. The lowest BCUT2D eigenvalue weighted by Gasteiger charge is -2.34. The number of nitrogens with zero attached hydrogens (tertiary/aromatic N) is 2. The summed E-state index contributed by atoms with van der Waals surface area (Å²) in [6.07, 6.45) is 0. The van der Waals surface area contributed by atoms with E-state index in [1.54, 1.807) is 12.1 Å². The molecule has 7 heteroatoms. The lowest BCUT2D eigenvalue weighted by atomic mass is 10.1. The number of rotatable bonds is 7. The fraction of sp³-hybridized carbons (Fsp3) is 0.435. The zero-order valence-corrected chi connectivity index (χ0v) is 18.8. The largest absolute Gasteiger partial charge is 0.493 e. The van der Waals surface area contributed by atoms with Crippen LogP contribution < -0.4 is 19.7 Å². The molecule has 1 aliphatic rings. The molecule has 1 N–H and O–H groups in total. The van der Waals surface area contributed by atoms with E-state index >= 15 is 0 Å². The summed E-state index contributed by atoms with van der Waals surface area (Å²) in [4.78, 5) is 17.4. The predicted octanol–water partition coefficient (Wildman–Crippen LogP) is 4.39. The van der Waals surface area contributed by atoms with Gasteiger partial charge in [0.1, 0.15) is 0 Å². The van der Waals surface area contributed by atoms with Crippen LogP contribution in [0.3, 0.4) is 0 Å². The van der Waals surface area contributed by atoms with Crippen molar-refractivity contribution in [3.05, 3.63) is 47.0 Å². The fourth-order valence-corrected chi connectivity index (χ4v) is 3.53. The van der Waals surface area contributed by atoms with E-state index in [1.165, 1.54) is 7.11 Å². The summed E-state index contributed by atoms with van der Waals surface area (Å²) < 4.78 is 11.1. The second-order valence-electron chi connectivity index (χ2n) is 7.99. The number of carbonyl (C=O) groups excluding carboxylic acids is 1. The quantitative estimate of drug-likeness (QED) is 0.704. The van der Waals surface area contributed by atoms with Crippen LogP contribution in [0.5, 0.6) is 11.5 Å². The van der Waals surface area contributed by atoms with Gasteiger partial charge in [-0.15, -0.1) is 0 Å². The third-order valence-electron chi connectivity index (χ3n) is 5.05. The third kappa shape index (κ3) is 5.58. The highest BCUT2D eigenvalue weighted by atomic mass is 35.5. The molecular weight excluding hydrogens is 402 g/mol. The van der Waals surface area contributed by atoms with Gasteiger partial charge in [0.15, 0.2) is 11.5 Å². The molecule has 0 spiro atoms. The van der Waals surface area contributed by atoms with Crippen LogP contribution in [0, 0.1) is 5.92 Å². The number of piperazine rings is 1. The molecule has 2 aromatic carbocycles. The number of amides is 1. The molecule has 0 atom stereocenters. The van der Waals surface area contributed by atoms with Crippen LogP contribution in [0.25, 0.3) is 0 Å². The molecule has 6 nitrogen and oxygen atoms in total. The van der Waals surface area contributed by atoms with Gasteiger partial charge in [-0.1, -0.05) is 25.4 Å². The molecule has 0 bridgehead atoms. The number of anilines is 2. The second kappa shape index (κ2) is 10.0. The average Bonchev–Trinajstić information content (AvgIpc) is 2.73. The first-order valence-corrected chi connectivity index (χ1v) is 10.6. The van der Waals surface area contributed by atoms with Crippen molar-refractivity contribution in [2.75, 3.05) is 57.2 Å². The van der Waals surface area contributed by atoms with E-state index < -0.39 is 0 Å². The molecule has 1 saturated heterocycles. The van der Waals surface area contributed by atoms with E-state index in [0.717, 1.165) is 37.6 Å². The van der Waals surface area contributed by atoms with Crippen LogP contribution in [0.2, 0.25) is 5.02 Å². The maximum atomic E-state index is 12.8. The Labute approximate surface area is 183 Å². The van der Waals surface area contributed by atoms with E-state index in [-0.39, 0.29) is 5.91 Å². The van der Waals surface area contributed by atoms with Gasteiger partial charge in [-0.05, 0) is 49.4 Å². The fourth-order valence-electron chi connectivity index (χ4n) is 3.26. The van der Waals surface area contributed by atoms with Crippen LogP contribution in [-0.2, 0) is 0 Å². The Balaban J connectivity index is 1.68. The predicted molar refractivity (Wildman–Crippen MR) is 122 cm³/mol. The summed E-state index contributed by atoms with van der Waals surface area (Å²) >= 11 is 6.37. The second-order valence-corrected chi connectivity index (χ2v) is 8.39. The molecule has 1 heterocycles. The molecule has 1 amide bonds. The summed E-state index contributed by atoms with van der Waals surface area (Å²) in [5.41, 5.74) is 2.31. The SMILES string of the molecule is COc1cc(C(=O)Nc2ccc(N3CCN(C)CC3)cc2)cc(Cl)c1OCC(C)C. The first-order valence-electron chi connectivity index (χ1n) is 10.2. The number of methoxy groups -OCH3 is 1. The number of likely N-dealkylation sites (N-methyl/N-ethyl adjacent to an activating group) is 1. The smallest absolute Gasteiger partial charge is 0.255 e. The summed E-state index contributed by atoms with van der Waals surface area (Å²) in [6, 6.07) is 11.2. The van der Waals surface area contributed by atoms with Crippen molar-refractivity contribution in [3.8, 4) is 11.5 Å². The van der Waals surface area contributed by atoms with Gasteiger partial charge in [0, 0.05) is 43.1 Å². The minimum atomic E-state index is -0.252. The van der Waals surface area contributed by atoms with Crippen molar-refractivity contribution < 1.29 is 14.3 Å². The lowest BCUT2D eigenvalue weighted by Crippen LogP contribution is -2.44. The Kier molecular flexibility index (Phi) is 7.45. The summed E-state index contributed by atoms with van der Waals surface area (Å²) in [5.74, 6) is 1.00. The monoisotopic (exact) mass is 431 g/mol. The molecular formula is C23H30ClN3O3. The molecule has 3 rings (SSSR count). The average molecular weight is 432 g/mol. The van der Waals surface area contributed by atoms with Gasteiger partial charge in [-0.2, -0.15) is 0 Å². The van der Waals surface area contributed by atoms with Crippen LogP contribution in [0.1, 0.15) is 24.2 Å². The minimum absolute atomic E-state index is 0.252. The maximum absolute atomic E-state index is 12.8. The van der Waals surface area contributed by atoms with Crippen molar-refractivity contribution in [2.24, 2.45) is 5.92 Å². The van der Waals surface area contributed by atoms with Gasteiger partial charge in [0.2, 0.25) is 0 Å². The number of ether oxygens (including phenoxy) is 2. The van der Waals surface area contributed by atoms with Crippen molar-refractivity contribution in [2.45, 2.75) is 13.8 Å². The van der Waals surface area contributed by atoms with Crippen molar-refractivity contribution in [3.63, 3.8) is 0 Å². The van der Waals surface area contributed by atoms with E-state index in [9.17, 15) is 4.79 Å². The Morgan fingerprint density at radius 2 is 1.80 bits per heavy atom. The number of nitrogens with one attached hydrogen (secondary N) is 1. The first kappa shape index (κ1) is 22.2. The third-order valence-corrected chi connectivity index (χ3v) is 5.33. The minimum Gasteiger partial charge on any atom is -0.493 e. The number of hydrogen-bond donors (Lipinski definition) is 1. The van der Waals surface area contributed by atoms with Gasteiger partial charge in [-0.25, -0.2) is 0 Å². The molecule has 30 heavy (non-hydrogen) atoms. The van der Waals surface area contributed by atoms with Crippen molar-refractivity contribution in [1.82, 2.24) is 4.90 Å². The van der Waals surface area contributed by atoms with Crippen LogP contribution in [0.15, 0.2) is 36.4 Å². The molecule has 0 radical (unpaired) electrons. The summed E-state index contributed by atoms with van der Waals surface area (Å²) in [7, 11) is 3.67. The van der Waals surface area contributed by atoms with Gasteiger partial charge < -0.3 is 24.6 Å². The number of carbonyl (C=O) groups is 1. The summed E-state index contributed by atoms with van der Waals surface area (Å²) in [6.45, 7) is 8.74. The van der Waals surface area contributed by atoms with E-state index in [0.29, 0.717) is 34.6 Å². The van der Waals surface area contributed by atoms with Gasteiger partial charge in [-0.3, -0.25) is 4.79 Å². The van der Waals surface area contributed by atoms with Crippen LogP contribution >= 0.6 is 11.6 Å². The highest BCUT2D eigenvalue weighted by Gasteiger charge is 2.17. The normalized spacial score (nSPS) is 14.7. The number of benzene rings is 2. The topological polar surface area (TPSA) is 54.0 Å². The van der Waals surface area contributed by atoms with Gasteiger partial charge >= 0.3 is 0 Å². The Morgan fingerprint density at radius 1 is 1.13 bits per heavy atom. The molecule has 0 aromatic heterocycles. The number of halogens is 1. The molecule has 1 fully saturated rings. The Hall–Kier alpha value is -2.44. The van der Waals surface area contributed by atoms with E-state index in [1.807, 2.05) is 24.3 Å². The number of hydrogen-bond acceptors (Lipinski definition) is 5. The standard InChI is InChI=1S/C23H30ClN3O3/c1-16(2)15-30-22-20(24)13-17(14-21(22)29-4)23(28)25-18-5-7-19(8-6-18)27-11-9-26(3)10-12-27/h5-8,13-14,16H,9-12,15H2,1-4H3,(H,25,28). The van der Waals surface area contributed by atoms with Crippen molar-refractivity contribution >= 4 is 28.9 Å². The summed E-state index contributed by atoms with van der Waals surface area (Å²) in [5, 5.41) is 3.28. The molecule has 1 aliphatic heterocycles. The van der Waals surface area contributed by atoms with Gasteiger partial charge in [0.25, 0.3) is 5.91 Å². The Bertz CT molecular complexity index is 863. The highest BCUT2D eigenvalue weighted by molar-refractivity contribution is 6.32. The highest BCUT2D eigenvalue weighted by Crippen LogP contribution is 2.37. The van der Waals surface area contributed by atoms with Crippen molar-refractivity contribution in [1.29, 1.82) is 0 Å². The molecule has 162 valence electrons. The lowest BCUT2D eigenvalue weighted by molar-refractivity contribution is 0.102. The molecule has 0 saturated carbocycles. The zero-order chi connectivity index (χ0) is 21.7. The maximum Gasteiger partial charge on any atom is 0.255 e. The van der Waals surface area contributed by atoms with E-state index in [4.69, 9.17) is 21.1 Å².